The number of carbonyl (C=O) groups is 1. The second-order valence-electron chi connectivity index (χ2n) is 5.31. The molecule has 0 spiro atoms. The van der Waals surface area contributed by atoms with Gasteiger partial charge in [-0.05, 0) is 25.7 Å². The summed E-state index contributed by atoms with van der Waals surface area (Å²) in [6.45, 7) is 5.95. The summed E-state index contributed by atoms with van der Waals surface area (Å²) in [6.07, 6.45) is 5.35. The lowest BCUT2D eigenvalue weighted by Gasteiger charge is -2.12. The van der Waals surface area contributed by atoms with E-state index in [0.29, 0.717) is 13.1 Å². The largest absolute Gasteiger partial charge is 0.381 e. The van der Waals surface area contributed by atoms with Gasteiger partial charge < -0.3 is 20.7 Å². The number of aliphatic imine (C=N–C) groups is 1. The van der Waals surface area contributed by atoms with Crippen LogP contribution in [0.3, 0.4) is 0 Å². The molecule has 0 aromatic rings. The minimum Gasteiger partial charge on any atom is -0.381 e. The van der Waals surface area contributed by atoms with Crippen molar-refractivity contribution in [3.8, 4) is 0 Å². The molecule has 1 rings (SSSR count). The lowest BCUT2D eigenvalue weighted by atomic mass is 10.4. The Bertz CT molecular complexity index is 323. The monoisotopic (exact) mass is 426 g/mol. The van der Waals surface area contributed by atoms with Gasteiger partial charge in [-0.3, -0.25) is 9.79 Å². The molecule has 1 saturated carbocycles. The first-order chi connectivity index (χ1) is 10.3. The van der Waals surface area contributed by atoms with Gasteiger partial charge in [-0.15, -0.1) is 24.0 Å². The van der Waals surface area contributed by atoms with Crippen LogP contribution in [0.5, 0.6) is 0 Å². The Balaban J connectivity index is 0.00000441. The molecule has 0 aromatic heterocycles. The molecule has 1 aliphatic rings. The third-order valence-corrected chi connectivity index (χ3v) is 3.29. The highest BCUT2D eigenvalue weighted by Gasteiger charge is 2.28. The number of hydrogen-bond acceptors (Lipinski definition) is 3. The van der Waals surface area contributed by atoms with Crippen molar-refractivity contribution in [3.63, 3.8) is 0 Å². The van der Waals surface area contributed by atoms with Crippen LogP contribution in [0.4, 0.5) is 0 Å². The van der Waals surface area contributed by atoms with Crippen LogP contribution >= 0.6 is 24.0 Å². The third-order valence-electron chi connectivity index (χ3n) is 3.29. The number of rotatable bonds is 11. The van der Waals surface area contributed by atoms with Crippen LogP contribution in [0, 0.1) is 5.92 Å². The van der Waals surface area contributed by atoms with Gasteiger partial charge in [0.2, 0.25) is 5.91 Å². The molecule has 0 radical (unpaired) electrons. The maximum atomic E-state index is 11.4. The second kappa shape index (κ2) is 14.0. The minimum absolute atomic E-state index is 0. The van der Waals surface area contributed by atoms with Crippen molar-refractivity contribution in [3.05, 3.63) is 0 Å². The van der Waals surface area contributed by atoms with Crippen LogP contribution in [-0.2, 0) is 9.53 Å². The molecule has 0 atom stereocenters. The average Bonchev–Trinajstić information content (AvgIpc) is 3.33. The molecule has 22 heavy (non-hydrogen) atoms. The fraction of sp³-hybridized carbons (Fsp3) is 0.867. The molecular weight excluding hydrogens is 395 g/mol. The van der Waals surface area contributed by atoms with Crippen molar-refractivity contribution in [1.82, 2.24) is 16.0 Å². The van der Waals surface area contributed by atoms with E-state index in [9.17, 15) is 4.79 Å². The van der Waals surface area contributed by atoms with Gasteiger partial charge >= 0.3 is 0 Å². The number of amides is 1. The van der Waals surface area contributed by atoms with E-state index in [-0.39, 0.29) is 35.8 Å². The van der Waals surface area contributed by atoms with Crippen LogP contribution in [0.1, 0.15) is 39.0 Å². The average molecular weight is 426 g/mol. The van der Waals surface area contributed by atoms with Gasteiger partial charge in [0.05, 0.1) is 0 Å². The molecule has 7 heteroatoms. The maximum absolute atomic E-state index is 11.4. The highest BCUT2D eigenvalue weighted by molar-refractivity contribution is 14.0. The molecule has 0 bridgehead atoms. The fourth-order valence-electron chi connectivity index (χ4n) is 1.81. The Labute approximate surface area is 151 Å². The van der Waals surface area contributed by atoms with Crippen LogP contribution in [-0.4, -0.2) is 51.8 Å². The molecular formula is C15H31IN4O2. The summed E-state index contributed by atoms with van der Waals surface area (Å²) in [6, 6.07) is 0. The van der Waals surface area contributed by atoms with Crippen molar-refractivity contribution >= 4 is 35.8 Å². The zero-order valence-corrected chi connectivity index (χ0v) is 16.2. The third kappa shape index (κ3) is 11.1. The molecule has 1 fully saturated rings. The Kier molecular flexibility index (Phi) is 13.7. The van der Waals surface area contributed by atoms with Crippen molar-refractivity contribution in [2.24, 2.45) is 10.9 Å². The molecule has 0 heterocycles. The topological polar surface area (TPSA) is 74.8 Å². The van der Waals surface area contributed by atoms with Crippen LogP contribution in [0.15, 0.2) is 4.99 Å². The van der Waals surface area contributed by atoms with E-state index in [1.54, 1.807) is 7.05 Å². The lowest BCUT2D eigenvalue weighted by molar-refractivity contribution is -0.122. The predicted molar refractivity (Wildman–Crippen MR) is 101 cm³/mol. The summed E-state index contributed by atoms with van der Waals surface area (Å²) in [5.41, 5.74) is 0. The van der Waals surface area contributed by atoms with Crippen molar-refractivity contribution in [2.75, 3.05) is 39.9 Å². The number of halogens is 1. The molecule has 0 aliphatic heterocycles. The zero-order chi connectivity index (χ0) is 15.3. The first kappa shape index (κ1) is 21.4. The lowest BCUT2D eigenvalue weighted by Crippen LogP contribution is -2.42. The van der Waals surface area contributed by atoms with Crippen molar-refractivity contribution < 1.29 is 9.53 Å². The number of nitrogens with one attached hydrogen (secondary N) is 3. The summed E-state index contributed by atoms with van der Waals surface area (Å²) in [4.78, 5) is 15.6. The van der Waals surface area contributed by atoms with E-state index in [0.717, 1.165) is 51.4 Å². The minimum atomic E-state index is 0. The van der Waals surface area contributed by atoms with Crippen LogP contribution in [0.25, 0.3) is 0 Å². The van der Waals surface area contributed by atoms with E-state index in [1.807, 2.05) is 0 Å². The standard InChI is InChI=1S/C15H30N4O2.HI/c1-3-4-11-21-12-5-8-18-15(16-2)19-10-9-17-14(20)13-6-7-13;/h13H,3-12H2,1-2H3,(H,17,20)(H2,16,18,19);1H. The molecule has 1 aliphatic carbocycles. The number of unbranched alkanes of at least 4 members (excludes halogenated alkanes) is 1. The van der Waals surface area contributed by atoms with E-state index in [2.05, 4.69) is 27.9 Å². The summed E-state index contributed by atoms with van der Waals surface area (Å²) < 4.78 is 5.49. The smallest absolute Gasteiger partial charge is 0.223 e. The summed E-state index contributed by atoms with van der Waals surface area (Å²) in [5.74, 6) is 1.23. The number of carbonyl (C=O) groups excluding carboxylic acids is 1. The number of guanidine groups is 1. The highest BCUT2D eigenvalue weighted by atomic mass is 127. The molecule has 3 N–H and O–H groups in total. The fourth-order valence-corrected chi connectivity index (χ4v) is 1.81. The van der Waals surface area contributed by atoms with Gasteiger partial charge in [0, 0.05) is 45.8 Å². The molecule has 0 aromatic carbocycles. The zero-order valence-electron chi connectivity index (χ0n) is 13.8. The first-order valence-electron chi connectivity index (χ1n) is 8.08. The SMILES string of the molecule is CCCCOCCCNC(=NC)NCCNC(=O)C1CC1.I. The summed E-state index contributed by atoms with van der Waals surface area (Å²) >= 11 is 0. The summed E-state index contributed by atoms with van der Waals surface area (Å²) in [7, 11) is 1.75. The molecule has 0 unspecified atom stereocenters. The first-order valence-corrected chi connectivity index (χ1v) is 8.08. The van der Waals surface area contributed by atoms with Crippen LogP contribution < -0.4 is 16.0 Å². The van der Waals surface area contributed by atoms with E-state index >= 15 is 0 Å². The van der Waals surface area contributed by atoms with Gasteiger partial charge in [0.15, 0.2) is 5.96 Å². The van der Waals surface area contributed by atoms with E-state index in [1.165, 1.54) is 6.42 Å². The highest BCUT2D eigenvalue weighted by Crippen LogP contribution is 2.28. The van der Waals surface area contributed by atoms with E-state index < -0.39 is 0 Å². The summed E-state index contributed by atoms with van der Waals surface area (Å²) in [5, 5.41) is 9.32. The predicted octanol–water partition coefficient (Wildman–Crippen LogP) is 1.50. The molecule has 130 valence electrons. The Hall–Kier alpha value is -0.570. The maximum Gasteiger partial charge on any atom is 0.223 e. The molecule has 1 amide bonds. The number of nitrogens with zero attached hydrogens (tertiary/aromatic N) is 1. The number of ether oxygens (including phenoxy) is 1. The second-order valence-corrected chi connectivity index (χ2v) is 5.31. The van der Waals surface area contributed by atoms with Crippen molar-refractivity contribution in [1.29, 1.82) is 0 Å². The van der Waals surface area contributed by atoms with Gasteiger partial charge in [-0.2, -0.15) is 0 Å². The van der Waals surface area contributed by atoms with Gasteiger partial charge in [0.25, 0.3) is 0 Å². The van der Waals surface area contributed by atoms with Gasteiger partial charge in [0.1, 0.15) is 0 Å². The number of hydrogen-bond donors (Lipinski definition) is 3. The normalized spacial score (nSPS) is 14.2. The quantitative estimate of drug-likeness (QED) is 0.203. The van der Waals surface area contributed by atoms with E-state index in [4.69, 9.17) is 4.74 Å². The molecule has 6 nitrogen and oxygen atoms in total. The Morgan fingerprint density at radius 1 is 1.09 bits per heavy atom. The Morgan fingerprint density at radius 2 is 1.73 bits per heavy atom. The van der Waals surface area contributed by atoms with Gasteiger partial charge in [-0.25, -0.2) is 0 Å². The Morgan fingerprint density at radius 3 is 2.36 bits per heavy atom. The van der Waals surface area contributed by atoms with Crippen LogP contribution in [0.2, 0.25) is 0 Å². The van der Waals surface area contributed by atoms with Gasteiger partial charge in [-0.1, -0.05) is 13.3 Å². The van der Waals surface area contributed by atoms with Crippen molar-refractivity contribution in [2.45, 2.75) is 39.0 Å². The molecule has 0 saturated heterocycles.